The number of aromatic amines is 1. The van der Waals surface area contributed by atoms with Crippen molar-refractivity contribution in [2.75, 3.05) is 26.1 Å². The lowest BCUT2D eigenvalue weighted by Gasteiger charge is -2.32. The molecule has 1 aromatic heterocycles. The predicted octanol–water partition coefficient (Wildman–Crippen LogP) is 2.42. The summed E-state index contributed by atoms with van der Waals surface area (Å²) in [6, 6.07) is 7.00. The van der Waals surface area contributed by atoms with Gasteiger partial charge in [0.2, 0.25) is 5.95 Å². The lowest BCUT2D eigenvalue weighted by molar-refractivity contribution is -0.144. The largest absolute Gasteiger partial charge is 0.468 e. The Morgan fingerprint density at radius 3 is 2.62 bits per heavy atom. The smallest absolute Gasteiger partial charge is 0.336 e. The van der Waals surface area contributed by atoms with Crippen molar-refractivity contribution in [2.24, 2.45) is 10.9 Å². The summed E-state index contributed by atoms with van der Waals surface area (Å²) in [6.45, 7) is 3.57. The Labute approximate surface area is 189 Å². The molecule has 0 bridgehead atoms. The van der Waals surface area contributed by atoms with E-state index in [-0.39, 0.29) is 31.3 Å². The number of carbonyl (C=O) groups excluding carboxylic acids is 2. The third kappa shape index (κ3) is 4.97. The Kier molecular flexibility index (Phi) is 7.60. The lowest BCUT2D eigenvalue weighted by Crippen LogP contribution is -2.37. The number of nitrogen functional groups attached to an aromatic ring is 1. The number of nitrogens with two attached hydrogens (primary N) is 1. The van der Waals surface area contributed by atoms with Crippen molar-refractivity contribution >= 4 is 35.2 Å². The third-order valence-corrected chi connectivity index (χ3v) is 5.28. The molecule has 32 heavy (non-hydrogen) atoms. The molecule has 170 valence electrons. The number of esters is 2. The number of halogens is 1. The van der Waals surface area contributed by atoms with Crippen molar-refractivity contribution in [1.82, 2.24) is 15.2 Å². The van der Waals surface area contributed by atoms with E-state index < -0.39 is 23.8 Å². The molecule has 0 radical (unpaired) electrons. The third-order valence-electron chi connectivity index (χ3n) is 4.93. The van der Waals surface area contributed by atoms with Gasteiger partial charge >= 0.3 is 11.9 Å². The summed E-state index contributed by atoms with van der Waals surface area (Å²) in [6.07, 6.45) is 0. The molecule has 1 aliphatic rings. The fourth-order valence-corrected chi connectivity index (χ4v) is 3.86. The average Bonchev–Trinajstić information content (AvgIpc) is 3.18. The van der Waals surface area contributed by atoms with Crippen molar-refractivity contribution in [1.29, 1.82) is 0 Å². The van der Waals surface area contributed by atoms with E-state index in [0.29, 0.717) is 27.8 Å². The standard InChI is InChI=1S/C21H24ClN5O5/c1-4-32-20(29)18-14(9-31-10-15-25-21(23)27-26-15)24-11(2)16(19(28)30-3)17(18)12-7-5-6-8-13(12)22/h5-8,16-17H,4,9-10H2,1-3H3,(H3,23,25,26,27). The van der Waals surface area contributed by atoms with Crippen LogP contribution >= 0.6 is 11.6 Å². The molecule has 0 saturated carbocycles. The Morgan fingerprint density at radius 1 is 1.25 bits per heavy atom. The van der Waals surface area contributed by atoms with Crippen LogP contribution in [0.1, 0.15) is 31.2 Å². The van der Waals surface area contributed by atoms with Crippen LogP contribution in [0, 0.1) is 5.92 Å². The molecule has 3 rings (SSSR count). The molecule has 2 unspecified atom stereocenters. The number of nitrogens with zero attached hydrogens (tertiary/aromatic N) is 3. The Morgan fingerprint density at radius 2 is 2.00 bits per heavy atom. The first-order chi connectivity index (χ1) is 15.4. The Bertz CT molecular complexity index is 1060. The highest BCUT2D eigenvalue weighted by Crippen LogP contribution is 2.42. The van der Waals surface area contributed by atoms with Gasteiger partial charge in [-0.25, -0.2) is 4.79 Å². The van der Waals surface area contributed by atoms with E-state index in [4.69, 9.17) is 31.5 Å². The molecular weight excluding hydrogens is 438 g/mol. The number of ether oxygens (including phenoxy) is 3. The van der Waals surface area contributed by atoms with Crippen LogP contribution in [0.4, 0.5) is 5.95 Å². The van der Waals surface area contributed by atoms with Crippen LogP contribution in [0.25, 0.3) is 0 Å². The van der Waals surface area contributed by atoms with Gasteiger partial charge < -0.3 is 19.9 Å². The zero-order valence-corrected chi connectivity index (χ0v) is 18.7. The van der Waals surface area contributed by atoms with Crippen LogP contribution in [-0.4, -0.2) is 53.2 Å². The van der Waals surface area contributed by atoms with E-state index in [9.17, 15) is 9.59 Å². The van der Waals surface area contributed by atoms with Gasteiger partial charge in [-0.15, -0.1) is 5.10 Å². The maximum absolute atomic E-state index is 13.1. The zero-order valence-electron chi connectivity index (χ0n) is 17.9. The second-order valence-electron chi connectivity index (χ2n) is 6.97. The highest BCUT2D eigenvalue weighted by molar-refractivity contribution is 6.31. The molecule has 2 atom stereocenters. The molecule has 10 nitrogen and oxygen atoms in total. The zero-order chi connectivity index (χ0) is 23.3. The number of carbonyl (C=O) groups is 2. The lowest BCUT2D eigenvalue weighted by atomic mass is 9.75. The number of anilines is 1. The molecule has 0 saturated heterocycles. The first-order valence-corrected chi connectivity index (χ1v) is 10.3. The molecule has 2 aromatic rings. The molecule has 0 amide bonds. The number of benzene rings is 1. The molecule has 1 aromatic carbocycles. The van der Waals surface area contributed by atoms with E-state index >= 15 is 0 Å². The van der Waals surface area contributed by atoms with Gasteiger partial charge in [-0.3, -0.25) is 14.9 Å². The van der Waals surface area contributed by atoms with Gasteiger partial charge in [-0.05, 0) is 25.5 Å². The monoisotopic (exact) mass is 461 g/mol. The second-order valence-corrected chi connectivity index (χ2v) is 7.37. The van der Waals surface area contributed by atoms with E-state index in [1.165, 1.54) is 7.11 Å². The summed E-state index contributed by atoms with van der Waals surface area (Å²) in [5.41, 5.74) is 7.08. The number of aliphatic imine (C=N–C) groups is 1. The summed E-state index contributed by atoms with van der Waals surface area (Å²) >= 11 is 6.47. The normalized spacial score (nSPS) is 18.3. The van der Waals surface area contributed by atoms with E-state index in [1.807, 2.05) is 0 Å². The minimum absolute atomic E-state index is 0.0407. The highest BCUT2D eigenvalue weighted by atomic mass is 35.5. The maximum atomic E-state index is 13.1. The summed E-state index contributed by atoms with van der Waals surface area (Å²) in [5.74, 6) is -2.22. The average molecular weight is 462 g/mol. The van der Waals surface area contributed by atoms with Gasteiger partial charge in [0.05, 0.1) is 31.6 Å². The van der Waals surface area contributed by atoms with Gasteiger partial charge in [-0.2, -0.15) is 4.98 Å². The van der Waals surface area contributed by atoms with Gasteiger partial charge in [0.25, 0.3) is 0 Å². The number of rotatable bonds is 8. The molecule has 11 heteroatoms. The SMILES string of the molecule is CCOC(=O)C1=C(COCc2nc(N)n[nH]2)N=C(C)C(C(=O)OC)C1c1ccccc1Cl. The van der Waals surface area contributed by atoms with Gasteiger partial charge in [0, 0.05) is 16.7 Å². The first-order valence-electron chi connectivity index (χ1n) is 9.89. The molecule has 2 heterocycles. The fourth-order valence-electron chi connectivity index (χ4n) is 3.61. The van der Waals surface area contributed by atoms with Crippen molar-refractivity contribution in [3.8, 4) is 0 Å². The number of hydrogen-bond donors (Lipinski definition) is 2. The molecule has 1 aliphatic heterocycles. The van der Waals surface area contributed by atoms with Crippen LogP contribution in [0.5, 0.6) is 0 Å². The minimum atomic E-state index is -0.850. The van der Waals surface area contributed by atoms with Gasteiger partial charge in [0.15, 0.2) is 5.82 Å². The van der Waals surface area contributed by atoms with Crippen molar-refractivity contribution < 1.29 is 23.8 Å². The number of hydrogen-bond acceptors (Lipinski definition) is 9. The number of aromatic nitrogens is 3. The van der Waals surface area contributed by atoms with E-state index in [0.717, 1.165) is 0 Å². The second kappa shape index (κ2) is 10.4. The van der Waals surface area contributed by atoms with Crippen molar-refractivity contribution in [2.45, 2.75) is 26.4 Å². The van der Waals surface area contributed by atoms with E-state index in [1.54, 1.807) is 38.1 Å². The predicted molar refractivity (Wildman–Crippen MR) is 117 cm³/mol. The Hall–Kier alpha value is -3.24. The summed E-state index contributed by atoms with van der Waals surface area (Å²) in [4.78, 5) is 34.3. The van der Waals surface area contributed by atoms with Crippen LogP contribution in [-0.2, 0) is 30.4 Å². The first kappa shape index (κ1) is 23.4. The molecule has 0 fully saturated rings. The summed E-state index contributed by atoms with van der Waals surface area (Å²) in [5, 5.41) is 6.79. The van der Waals surface area contributed by atoms with Crippen molar-refractivity contribution in [3.05, 3.63) is 51.9 Å². The fraction of sp³-hybridized carbons (Fsp3) is 0.381. The number of nitrogens with one attached hydrogen (secondary N) is 1. The Balaban J connectivity index is 2.06. The highest BCUT2D eigenvalue weighted by Gasteiger charge is 2.43. The molecule has 3 N–H and O–H groups in total. The maximum Gasteiger partial charge on any atom is 0.336 e. The summed E-state index contributed by atoms with van der Waals surface area (Å²) < 4.78 is 16.0. The number of methoxy groups -OCH3 is 1. The van der Waals surface area contributed by atoms with Crippen LogP contribution < -0.4 is 5.73 Å². The summed E-state index contributed by atoms with van der Waals surface area (Å²) in [7, 11) is 1.29. The molecule has 0 aliphatic carbocycles. The topological polar surface area (TPSA) is 142 Å². The van der Waals surface area contributed by atoms with Crippen molar-refractivity contribution in [3.63, 3.8) is 0 Å². The van der Waals surface area contributed by atoms with Crippen LogP contribution in [0.15, 0.2) is 40.5 Å². The molecular formula is C21H24ClN5O5. The minimum Gasteiger partial charge on any atom is -0.468 e. The van der Waals surface area contributed by atoms with Gasteiger partial charge in [0.1, 0.15) is 12.5 Å². The van der Waals surface area contributed by atoms with E-state index in [2.05, 4.69) is 20.2 Å². The number of H-pyrrole nitrogens is 1. The molecule has 0 spiro atoms. The van der Waals surface area contributed by atoms with Crippen LogP contribution in [0.2, 0.25) is 5.02 Å². The quantitative estimate of drug-likeness (QED) is 0.570. The van der Waals surface area contributed by atoms with Crippen LogP contribution in [0.3, 0.4) is 0 Å². The van der Waals surface area contributed by atoms with Gasteiger partial charge in [-0.1, -0.05) is 29.8 Å².